The smallest absolute Gasteiger partial charge is 0.269 e. The van der Waals surface area contributed by atoms with Gasteiger partial charge in [0.2, 0.25) is 5.91 Å². The molecule has 0 atom stereocenters. The van der Waals surface area contributed by atoms with E-state index in [1.165, 1.54) is 0 Å². The van der Waals surface area contributed by atoms with Crippen molar-refractivity contribution in [1.82, 2.24) is 16.2 Å². The van der Waals surface area contributed by atoms with E-state index in [-0.39, 0.29) is 23.3 Å². The number of benzene rings is 2. The first kappa shape index (κ1) is 19.1. The lowest BCUT2D eigenvalue weighted by Crippen LogP contribution is -2.48. The van der Waals surface area contributed by atoms with Gasteiger partial charge in [-0.3, -0.25) is 20.4 Å². The van der Waals surface area contributed by atoms with Crippen molar-refractivity contribution in [3.63, 3.8) is 0 Å². The lowest BCUT2D eigenvalue weighted by Gasteiger charge is -2.12. The molecule has 2 aromatic carbocycles. The summed E-state index contributed by atoms with van der Waals surface area (Å²) < 4.78 is 0.842. The average Bonchev–Trinajstić information content (AvgIpc) is 2.57. The van der Waals surface area contributed by atoms with Crippen molar-refractivity contribution in [2.75, 3.05) is 0 Å². The minimum atomic E-state index is -0.351. The van der Waals surface area contributed by atoms with E-state index >= 15 is 0 Å². The molecule has 0 bridgehead atoms. The molecule has 0 aliphatic rings. The monoisotopic (exact) mass is 419 g/mol. The summed E-state index contributed by atoms with van der Waals surface area (Å²) in [6, 6.07) is 12.9. The minimum Gasteiger partial charge on any atom is -0.302 e. The zero-order valence-electron chi connectivity index (χ0n) is 13.9. The minimum absolute atomic E-state index is 0.0399. The molecule has 25 heavy (non-hydrogen) atoms. The first-order valence-electron chi connectivity index (χ1n) is 7.57. The number of carbonyl (C=O) groups excluding carboxylic acids is 2. The standard InChI is InChI=1S/C18H18BrN3O2S/c1-11-5-3-4-6-13(11)10-16(23)20-18(25)22-21-17(24)14-8-7-12(2)15(19)9-14/h3-9H,10H2,1-2H3,(H,21,24)(H2,20,22,23,25). The summed E-state index contributed by atoms with van der Waals surface area (Å²) in [6.45, 7) is 3.88. The van der Waals surface area contributed by atoms with Crippen LogP contribution in [0.15, 0.2) is 46.9 Å². The number of amides is 2. The second-order valence-corrected chi connectivity index (χ2v) is 6.79. The number of aryl methyl sites for hydroxylation is 2. The fourth-order valence-corrected chi connectivity index (χ4v) is 2.65. The molecule has 5 nitrogen and oxygen atoms in total. The van der Waals surface area contributed by atoms with Crippen LogP contribution in [0.1, 0.15) is 27.0 Å². The third-order valence-electron chi connectivity index (χ3n) is 3.59. The van der Waals surface area contributed by atoms with Gasteiger partial charge in [0, 0.05) is 10.0 Å². The van der Waals surface area contributed by atoms with Gasteiger partial charge < -0.3 is 5.32 Å². The van der Waals surface area contributed by atoms with Crippen molar-refractivity contribution < 1.29 is 9.59 Å². The van der Waals surface area contributed by atoms with Gasteiger partial charge in [-0.2, -0.15) is 0 Å². The molecule has 130 valence electrons. The lowest BCUT2D eigenvalue weighted by molar-refractivity contribution is -0.119. The number of rotatable bonds is 3. The summed E-state index contributed by atoms with van der Waals surface area (Å²) in [6.07, 6.45) is 0.216. The van der Waals surface area contributed by atoms with Gasteiger partial charge in [0.25, 0.3) is 5.91 Å². The summed E-state index contributed by atoms with van der Waals surface area (Å²) >= 11 is 8.41. The van der Waals surface area contributed by atoms with Gasteiger partial charge in [-0.25, -0.2) is 0 Å². The Morgan fingerprint density at radius 1 is 1.04 bits per heavy atom. The molecule has 2 aromatic rings. The highest BCUT2D eigenvalue weighted by molar-refractivity contribution is 9.10. The van der Waals surface area contributed by atoms with Gasteiger partial charge in [0.15, 0.2) is 5.11 Å². The van der Waals surface area contributed by atoms with Crippen molar-refractivity contribution >= 4 is 45.1 Å². The lowest BCUT2D eigenvalue weighted by atomic mass is 10.1. The summed E-state index contributed by atoms with van der Waals surface area (Å²) in [7, 11) is 0. The van der Waals surface area contributed by atoms with Crippen molar-refractivity contribution in [1.29, 1.82) is 0 Å². The maximum atomic E-state index is 12.1. The molecule has 2 rings (SSSR count). The number of hydrogen-bond acceptors (Lipinski definition) is 3. The SMILES string of the molecule is Cc1ccc(C(=O)NNC(=S)NC(=O)Cc2ccccc2C)cc1Br. The Bertz CT molecular complexity index is 824. The molecular formula is C18H18BrN3O2S. The van der Waals surface area contributed by atoms with Gasteiger partial charge in [-0.1, -0.05) is 46.3 Å². The second kappa shape index (κ2) is 8.73. The normalized spacial score (nSPS) is 10.0. The number of hydrazine groups is 1. The molecule has 7 heteroatoms. The van der Waals surface area contributed by atoms with E-state index in [1.807, 2.05) is 44.2 Å². The molecule has 0 radical (unpaired) electrons. The third kappa shape index (κ3) is 5.65. The van der Waals surface area contributed by atoms with Crippen LogP contribution < -0.4 is 16.2 Å². The zero-order chi connectivity index (χ0) is 18.4. The molecule has 0 heterocycles. The van der Waals surface area contributed by atoms with Crippen LogP contribution in [0.4, 0.5) is 0 Å². The Balaban J connectivity index is 1.83. The van der Waals surface area contributed by atoms with Crippen LogP contribution >= 0.6 is 28.1 Å². The Labute approximate surface area is 160 Å². The molecular weight excluding hydrogens is 402 g/mol. The summed E-state index contributed by atoms with van der Waals surface area (Å²) in [5.41, 5.74) is 8.46. The number of hydrogen-bond donors (Lipinski definition) is 3. The third-order valence-corrected chi connectivity index (χ3v) is 4.65. The molecule has 0 spiro atoms. The van der Waals surface area contributed by atoms with E-state index in [1.54, 1.807) is 12.1 Å². The van der Waals surface area contributed by atoms with Crippen LogP contribution in [-0.4, -0.2) is 16.9 Å². The van der Waals surface area contributed by atoms with Crippen LogP contribution in [0.25, 0.3) is 0 Å². The Hall–Kier alpha value is -2.25. The number of halogens is 1. The number of carbonyl (C=O) groups is 2. The molecule has 0 unspecified atom stereocenters. The van der Waals surface area contributed by atoms with Crippen molar-refractivity contribution in [2.45, 2.75) is 20.3 Å². The van der Waals surface area contributed by atoms with E-state index in [4.69, 9.17) is 12.2 Å². The molecule has 0 aliphatic carbocycles. The van der Waals surface area contributed by atoms with E-state index in [2.05, 4.69) is 32.1 Å². The first-order valence-corrected chi connectivity index (χ1v) is 8.78. The van der Waals surface area contributed by atoms with Gasteiger partial charge in [0.1, 0.15) is 0 Å². The summed E-state index contributed by atoms with van der Waals surface area (Å²) in [4.78, 5) is 24.1. The predicted octanol–water partition coefficient (Wildman–Crippen LogP) is 2.94. The van der Waals surface area contributed by atoms with Crippen molar-refractivity contribution in [2.24, 2.45) is 0 Å². The van der Waals surface area contributed by atoms with Gasteiger partial charge in [0.05, 0.1) is 6.42 Å². The highest BCUT2D eigenvalue weighted by Crippen LogP contribution is 2.17. The van der Waals surface area contributed by atoms with Crippen molar-refractivity contribution in [3.05, 3.63) is 69.2 Å². The zero-order valence-corrected chi connectivity index (χ0v) is 16.3. The molecule has 0 saturated carbocycles. The van der Waals surface area contributed by atoms with Crippen LogP contribution in [0, 0.1) is 13.8 Å². The van der Waals surface area contributed by atoms with E-state index in [9.17, 15) is 9.59 Å². The van der Waals surface area contributed by atoms with Gasteiger partial charge in [-0.05, 0) is 54.9 Å². The number of nitrogens with one attached hydrogen (secondary N) is 3. The van der Waals surface area contributed by atoms with E-state index < -0.39 is 0 Å². The van der Waals surface area contributed by atoms with Gasteiger partial charge >= 0.3 is 0 Å². The highest BCUT2D eigenvalue weighted by Gasteiger charge is 2.10. The Morgan fingerprint density at radius 3 is 2.44 bits per heavy atom. The molecule has 0 aromatic heterocycles. The maximum absolute atomic E-state index is 12.1. The Morgan fingerprint density at radius 2 is 1.76 bits per heavy atom. The van der Waals surface area contributed by atoms with Crippen LogP contribution in [0.5, 0.6) is 0 Å². The van der Waals surface area contributed by atoms with Crippen LogP contribution in [0.3, 0.4) is 0 Å². The second-order valence-electron chi connectivity index (χ2n) is 5.52. The Kier molecular flexibility index (Phi) is 6.66. The molecule has 0 saturated heterocycles. The van der Waals surface area contributed by atoms with E-state index in [0.717, 1.165) is 21.2 Å². The molecule has 0 fully saturated rings. The fraction of sp³-hybridized carbons (Fsp3) is 0.167. The quantitative estimate of drug-likeness (QED) is 0.528. The topological polar surface area (TPSA) is 70.2 Å². The molecule has 2 amide bonds. The van der Waals surface area contributed by atoms with Crippen molar-refractivity contribution in [3.8, 4) is 0 Å². The fourth-order valence-electron chi connectivity index (χ4n) is 2.10. The largest absolute Gasteiger partial charge is 0.302 e. The van der Waals surface area contributed by atoms with Gasteiger partial charge in [-0.15, -0.1) is 0 Å². The first-order chi connectivity index (χ1) is 11.9. The van der Waals surface area contributed by atoms with Crippen LogP contribution in [0.2, 0.25) is 0 Å². The summed E-state index contributed by atoms with van der Waals surface area (Å²) in [5, 5.41) is 2.58. The van der Waals surface area contributed by atoms with Crippen LogP contribution in [-0.2, 0) is 11.2 Å². The number of thiocarbonyl (C=S) groups is 1. The predicted molar refractivity (Wildman–Crippen MR) is 105 cm³/mol. The molecule has 3 N–H and O–H groups in total. The van der Waals surface area contributed by atoms with E-state index in [0.29, 0.717) is 5.56 Å². The maximum Gasteiger partial charge on any atom is 0.269 e. The average molecular weight is 420 g/mol. The highest BCUT2D eigenvalue weighted by atomic mass is 79.9. The molecule has 0 aliphatic heterocycles. The summed E-state index contributed by atoms with van der Waals surface area (Å²) in [5.74, 6) is -0.602.